The first-order chi connectivity index (χ1) is 21.7. The highest BCUT2D eigenvalue weighted by molar-refractivity contribution is 7.99. The fourth-order valence-electron chi connectivity index (χ4n) is 7.10. The summed E-state index contributed by atoms with van der Waals surface area (Å²) in [6, 6.07) is 36.5. The number of thiophene rings is 2. The summed E-state index contributed by atoms with van der Waals surface area (Å²) in [5.41, 5.74) is 5.02. The van der Waals surface area contributed by atoms with Crippen molar-refractivity contribution in [2.75, 3.05) is 24.6 Å². The molecule has 4 atom stereocenters. The van der Waals surface area contributed by atoms with Crippen LogP contribution < -0.4 is 5.01 Å². The Kier molecular flexibility index (Phi) is 7.47. The fraction of sp³-hybridized carbons (Fsp3) is 0.222. The molecule has 1 fully saturated rings. The molecule has 8 rings (SSSR count). The molecule has 44 heavy (non-hydrogen) atoms. The van der Waals surface area contributed by atoms with Crippen LogP contribution in [0.5, 0.6) is 0 Å². The average molecular weight is 651 g/mol. The van der Waals surface area contributed by atoms with Crippen LogP contribution >= 0.6 is 46.0 Å². The van der Waals surface area contributed by atoms with Gasteiger partial charge in [0.15, 0.2) is 0 Å². The molecule has 0 radical (unpaired) electrons. The second kappa shape index (κ2) is 11.6. The van der Waals surface area contributed by atoms with Gasteiger partial charge in [-0.15, -0.1) is 34.4 Å². The van der Waals surface area contributed by atoms with Gasteiger partial charge in [0.2, 0.25) is 0 Å². The van der Waals surface area contributed by atoms with Crippen LogP contribution in [0.15, 0.2) is 129 Å². The second-order valence-corrected chi connectivity index (χ2v) is 15.1. The minimum Gasteiger partial charge on any atom is -0.301 e. The van der Waals surface area contributed by atoms with E-state index in [1.54, 1.807) is 0 Å². The van der Waals surface area contributed by atoms with E-state index in [1.165, 1.54) is 20.4 Å². The Bertz CT molecular complexity index is 1820. The van der Waals surface area contributed by atoms with Gasteiger partial charge in [-0.2, -0.15) is 5.10 Å². The number of thioether (sulfide) groups is 1. The Balaban J connectivity index is 1.45. The summed E-state index contributed by atoms with van der Waals surface area (Å²) >= 11 is 12.1. The number of nitrogens with zero attached hydrogens (tertiary/aromatic N) is 4. The number of piperidine rings is 1. The summed E-state index contributed by atoms with van der Waals surface area (Å²) in [6.07, 6.45) is 0. The summed E-state index contributed by atoms with van der Waals surface area (Å²) < 4.78 is 0. The molecule has 0 N–H and O–H groups in total. The summed E-state index contributed by atoms with van der Waals surface area (Å²) in [6.45, 7) is 5.03. The van der Waals surface area contributed by atoms with Crippen molar-refractivity contribution in [3.8, 4) is 0 Å². The molecule has 1 unspecified atom stereocenters. The highest BCUT2D eigenvalue weighted by Gasteiger charge is 2.61. The van der Waals surface area contributed by atoms with Crippen LogP contribution in [0, 0.1) is 11.3 Å². The Labute approximate surface area is 275 Å². The van der Waals surface area contributed by atoms with Crippen LogP contribution in [0.4, 0.5) is 11.4 Å². The maximum atomic E-state index is 6.46. The largest absolute Gasteiger partial charge is 0.301 e. The van der Waals surface area contributed by atoms with E-state index in [2.05, 4.69) is 119 Å². The molecule has 3 aliphatic heterocycles. The lowest BCUT2D eigenvalue weighted by Gasteiger charge is -2.50. The molecule has 0 aliphatic carbocycles. The third kappa shape index (κ3) is 4.68. The number of anilines is 1. The standard InChI is InChI=1S/C36H31ClN4S3/c1-2-40-22-27-32(30-14-8-20-42-30)44-29-13-7-6-12-28(29)38-34(27)36(23-40)33(24-16-18-25(37)19-17-24)39-41(26-10-4-3-5-11-26)35(36)31-15-9-21-43-31/h3-21,27,32,35H,2,22-23H2,1H3/t27-,32-,35-,36?/m1/s1. The molecule has 5 aromatic rings. The van der Waals surface area contributed by atoms with Crippen molar-refractivity contribution in [1.82, 2.24) is 4.90 Å². The molecule has 220 valence electrons. The van der Waals surface area contributed by atoms with Gasteiger partial charge in [0.25, 0.3) is 0 Å². The zero-order valence-electron chi connectivity index (χ0n) is 24.2. The monoisotopic (exact) mass is 650 g/mol. The smallest absolute Gasteiger partial charge is 0.104 e. The molecule has 4 nitrogen and oxygen atoms in total. The van der Waals surface area contributed by atoms with Crippen molar-refractivity contribution < 1.29 is 0 Å². The number of likely N-dealkylation sites (tertiary alicyclic amines) is 1. The number of rotatable bonds is 5. The molecule has 1 spiro atoms. The number of hydrogen-bond donors (Lipinski definition) is 0. The van der Waals surface area contributed by atoms with Gasteiger partial charge in [0.05, 0.1) is 27.8 Å². The van der Waals surface area contributed by atoms with Gasteiger partial charge in [0, 0.05) is 44.4 Å². The normalized spacial score (nSPS) is 24.9. The lowest BCUT2D eigenvalue weighted by atomic mass is 9.63. The van der Waals surface area contributed by atoms with Gasteiger partial charge in [0.1, 0.15) is 6.04 Å². The summed E-state index contributed by atoms with van der Waals surface area (Å²) in [5, 5.41) is 13.3. The zero-order chi connectivity index (χ0) is 29.7. The fourth-order valence-corrected chi connectivity index (χ4v) is 10.4. The Morgan fingerprint density at radius 2 is 1.57 bits per heavy atom. The van der Waals surface area contributed by atoms with Crippen molar-refractivity contribution in [3.63, 3.8) is 0 Å². The van der Waals surface area contributed by atoms with Crippen molar-refractivity contribution >= 4 is 68.8 Å². The van der Waals surface area contributed by atoms with Gasteiger partial charge in [-0.25, -0.2) is 0 Å². The number of para-hydroxylation sites is 2. The van der Waals surface area contributed by atoms with E-state index in [0.29, 0.717) is 0 Å². The van der Waals surface area contributed by atoms with E-state index >= 15 is 0 Å². The molecule has 1 saturated heterocycles. The molecule has 0 amide bonds. The topological polar surface area (TPSA) is 31.2 Å². The van der Waals surface area contributed by atoms with Crippen LogP contribution in [0.2, 0.25) is 5.02 Å². The predicted molar refractivity (Wildman–Crippen MR) is 188 cm³/mol. The predicted octanol–water partition coefficient (Wildman–Crippen LogP) is 9.99. The molecule has 0 bridgehead atoms. The number of hydrogen-bond acceptors (Lipinski definition) is 7. The van der Waals surface area contributed by atoms with Gasteiger partial charge in [-0.05, 0) is 71.4 Å². The lowest BCUT2D eigenvalue weighted by Crippen LogP contribution is -2.60. The molecule has 3 aliphatic rings. The van der Waals surface area contributed by atoms with Gasteiger partial charge in [-0.1, -0.05) is 73.1 Å². The number of benzene rings is 3. The molecule has 8 heteroatoms. The van der Waals surface area contributed by atoms with Crippen LogP contribution in [-0.2, 0) is 0 Å². The maximum Gasteiger partial charge on any atom is 0.104 e. The Morgan fingerprint density at radius 1 is 0.841 bits per heavy atom. The quantitative estimate of drug-likeness (QED) is 0.190. The minimum atomic E-state index is -0.513. The number of aliphatic imine (C=N–C) groups is 1. The molecule has 3 aromatic carbocycles. The summed E-state index contributed by atoms with van der Waals surface area (Å²) in [4.78, 5) is 12.3. The van der Waals surface area contributed by atoms with Crippen LogP contribution in [-0.4, -0.2) is 36.0 Å². The Hall–Kier alpha value is -3.20. The van der Waals surface area contributed by atoms with Crippen molar-refractivity contribution in [2.24, 2.45) is 21.4 Å². The number of hydrazone groups is 1. The zero-order valence-corrected chi connectivity index (χ0v) is 27.4. The highest BCUT2D eigenvalue weighted by Crippen LogP contribution is 2.59. The molecule has 2 aromatic heterocycles. The minimum absolute atomic E-state index is 0.0644. The molecule has 0 saturated carbocycles. The second-order valence-electron chi connectivity index (χ2n) is 11.5. The van der Waals surface area contributed by atoms with E-state index in [9.17, 15) is 0 Å². The van der Waals surface area contributed by atoms with Crippen molar-refractivity contribution in [3.05, 3.63) is 134 Å². The van der Waals surface area contributed by atoms with E-state index in [0.717, 1.165) is 47.3 Å². The first-order valence-electron chi connectivity index (χ1n) is 15.0. The third-order valence-corrected chi connectivity index (χ3v) is 12.7. The van der Waals surface area contributed by atoms with Gasteiger partial charge < -0.3 is 4.90 Å². The lowest BCUT2D eigenvalue weighted by molar-refractivity contribution is 0.181. The number of halogens is 1. The third-order valence-electron chi connectivity index (χ3n) is 9.03. The van der Waals surface area contributed by atoms with Gasteiger partial charge >= 0.3 is 0 Å². The first-order valence-corrected chi connectivity index (χ1v) is 18.0. The van der Waals surface area contributed by atoms with Crippen molar-refractivity contribution in [2.45, 2.75) is 23.1 Å². The van der Waals surface area contributed by atoms with E-state index in [1.807, 2.05) is 46.6 Å². The van der Waals surface area contributed by atoms with Gasteiger partial charge in [-0.3, -0.25) is 10.0 Å². The number of fused-ring (bicyclic) bond motifs is 3. The maximum absolute atomic E-state index is 6.46. The van der Waals surface area contributed by atoms with E-state index in [-0.39, 0.29) is 17.2 Å². The summed E-state index contributed by atoms with van der Waals surface area (Å²) in [7, 11) is 0. The molecular weight excluding hydrogens is 620 g/mol. The van der Waals surface area contributed by atoms with Crippen molar-refractivity contribution in [1.29, 1.82) is 0 Å². The molecular formula is C36H31ClN4S3. The average Bonchev–Trinajstić information content (AvgIpc) is 3.82. The van der Waals surface area contributed by atoms with Crippen LogP contribution in [0.3, 0.4) is 0 Å². The highest BCUT2D eigenvalue weighted by atomic mass is 35.5. The van der Waals surface area contributed by atoms with E-state index < -0.39 is 5.41 Å². The Morgan fingerprint density at radius 3 is 2.30 bits per heavy atom. The molecule has 5 heterocycles. The van der Waals surface area contributed by atoms with E-state index in [4.69, 9.17) is 21.7 Å². The van der Waals surface area contributed by atoms with Crippen LogP contribution in [0.25, 0.3) is 0 Å². The summed E-state index contributed by atoms with van der Waals surface area (Å²) in [5.74, 6) is 0.190. The first kappa shape index (κ1) is 28.3. The SMILES string of the molecule is CCN1C[C@H]2C(=Nc3ccccc3S[C@H]2c2cccs2)C2(C1)C(c1ccc(Cl)cc1)=NN(c1ccccc1)[C@@H]2c1cccs1. The van der Waals surface area contributed by atoms with Crippen LogP contribution in [0.1, 0.15) is 33.5 Å².